The van der Waals surface area contributed by atoms with Crippen molar-refractivity contribution in [1.82, 2.24) is 5.32 Å². The number of halogens is 4. The Morgan fingerprint density at radius 3 is 1.96 bits per heavy atom. The van der Waals surface area contributed by atoms with Crippen LogP contribution >= 0.6 is 15.9 Å². The molecular weight excluding hydrogens is 435 g/mol. The standard InChI is InChI=1S/C20H33BrF3NOSi/c1-6-27(7-2,8-3)26-14-18(13-15(4)5)25-19(20(22,23)24)16-9-11-17(21)12-10-16/h9-12,15,18-19,25H,6-8,13-14H2,1-5H3/t18-,19-/m0/s1. The Kier molecular flexibility index (Phi) is 10.0. The lowest BCUT2D eigenvalue weighted by molar-refractivity contribution is -0.160. The molecule has 0 aliphatic carbocycles. The molecule has 0 heterocycles. The molecular formula is C20H33BrF3NOSi. The second-order valence-corrected chi connectivity index (χ2v) is 13.3. The second-order valence-electron chi connectivity index (χ2n) is 7.57. The van der Waals surface area contributed by atoms with Crippen molar-refractivity contribution in [2.45, 2.75) is 77.4 Å². The molecule has 0 fully saturated rings. The van der Waals surface area contributed by atoms with Gasteiger partial charge in [0.05, 0.1) is 0 Å². The van der Waals surface area contributed by atoms with Gasteiger partial charge in [-0.05, 0) is 48.2 Å². The first-order valence-corrected chi connectivity index (χ1v) is 13.1. The third kappa shape index (κ3) is 7.87. The van der Waals surface area contributed by atoms with Crippen molar-refractivity contribution in [1.29, 1.82) is 0 Å². The summed E-state index contributed by atoms with van der Waals surface area (Å²) in [5.41, 5.74) is 0.226. The van der Waals surface area contributed by atoms with Crippen molar-refractivity contribution in [3.8, 4) is 0 Å². The van der Waals surface area contributed by atoms with Crippen molar-refractivity contribution in [2.24, 2.45) is 5.92 Å². The van der Waals surface area contributed by atoms with Gasteiger partial charge >= 0.3 is 6.18 Å². The molecule has 0 spiro atoms. The van der Waals surface area contributed by atoms with Crippen LogP contribution in [0.1, 0.15) is 52.6 Å². The minimum atomic E-state index is -4.36. The van der Waals surface area contributed by atoms with Gasteiger partial charge in [0, 0.05) is 17.1 Å². The molecule has 0 amide bonds. The van der Waals surface area contributed by atoms with Crippen molar-refractivity contribution in [3.63, 3.8) is 0 Å². The van der Waals surface area contributed by atoms with Gasteiger partial charge in [0.2, 0.25) is 0 Å². The first-order valence-electron chi connectivity index (χ1n) is 9.79. The Morgan fingerprint density at radius 1 is 1.04 bits per heavy atom. The minimum absolute atomic E-state index is 0.226. The summed E-state index contributed by atoms with van der Waals surface area (Å²) in [6.45, 7) is 10.8. The molecule has 7 heteroatoms. The quantitative estimate of drug-likeness (QED) is 0.351. The van der Waals surface area contributed by atoms with Gasteiger partial charge < -0.3 is 4.43 Å². The Morgan fingerprint density at radius 2 is 1.56 bits per heavy atom. The van der Waals surface area contributed by atoms with Gasteiger partial charge in [0.15, 0.2) is 8.32 Å². The minimum Gasteiger partial charge on any atom is -0.415 e. The number of rotatable bonds is 11. The summed E-state index contributed by atoms with van der Waals surface area (Å²) in [5, 5.41) is 2.86. The van der Waals surface area contributed by atoms with Crippen LogP contribution in [0.2, 0.25) is 18.1 Å². The van der Waals surface area contributed by atoms with Crippen LogP contribution in [-0.2, 0) is 4.43 Å². The molecule has 0 saturated heterocycles. The molecule has 1 N–H and O–H groups in total. The third-order valence-electron chi connectivity index (χ3n) is 5.21. The van der Waals surface area contributed by atoms with Gasteiger partial charge in [0.25, 0.3) is 0 Å². The maximum Gasteiger partial charge on any atom is 0.407 e. The molecule has 27 heavy (non-hydrogen) atoms. The van der Waals surface area contributed by atoms with Crippen molar-refractivity contribution >= 4 is 24.2 Å². The Bertz CT molecular complexity index is 539. The van der Waals surface area contributed by atoms with Gasteiger partial charge in [-0.25, -0.2) is 0 Å². The van der Waals surface area contributed by atoms with Crippen LogP contribution in [0.3, 0.4) is 0 Å². The molecule has 156 valence electrons. The number of nitrogens with one attached hydrogen (secondary N) is 1. The molecule has 0 bridgehead atoms. The summed E-state index contributed by atoms with van der Waals surface area (Å²) in [6, 6.07) is 7.27. The van der Waals surface area contributed by atoms with Crippen molar-refractivity contribution in [3.05, 3.63) is 34.3 Å². The van der Waals surface area contributed by atoms with Crippen LogP contribution < -0.4 is 5.32 Å². The average Bonchev–Trinajstić information content (AvgIpc) is 2.60. The lowest BCUT2D eigenvalue weighted by Crippen LogP contribution is -2.46. The van der Waals surface area contributed by atoms with E-state index in [1.165, 1.54) is 12.1 Å². The summed E-state index contributed by atoms with van der Waals surface area (Å²) >= 11 is 3.28. The molecule has 0 radical (unpaired) electrons. The Balaban J connectivity index is 3.01. The third-order valence-corrected chi connectivity index (χ3v) is 10.4. The van der Waals surface area contributed by atoms with Gasteiger partial charge in [-0.2, -0.15) is 13.2 Å². The fourth-order valence-electron chi connectivity index (χ4n) is 3.36. The number of alkyl halides is 3. The number of benzene rings is 1. The van der Waals surface area contributed by atoms with Crippen molar-refractivity contribution in [2.75, 3.05) is 6.61 Å². The molecule has 0 saturated carbocycles. The molecule has 2 atom stereocenters. The van der Waals surface area contributed by atoms with E-state index in [1.54, 1.807) is 12.1 Å². The first-order chi connectivity index (χ1) is 12.6. The molecule has 0 aliphatic heterocycles. The summed E-state index contributed by atoms with van der Waals surface area (Å²) in [5.74, 6) is 0.283. The fourth-order valence-corrected chi connectivity index (χ4v) is 6.29. The summed E-state index contributed by atoms with van der Waals surface area (Å²) in [4.78, 5) is 0. The zero-order valence-corrected chi connectivity index (χ0v) is 19.6. The zero-order chi connectivity index (χ0) is 20.7. The van der Waals surface area contributed by atoms with E-state index in [0.717, 1.165) is 22.6 Å². The van der Waals surface area contributed by atoms with Crippen LogP contribution in [0.15, 0.2) is 28.7 Å². The smallest absolute Gasteiger partial charge is 0.407 e. The molecule has 0 aliphatic rings. The number of hydrogen-bond donors (Lipinski definition) is 1. The summed E-state index contributed by atoms with van der Waals surface area (Å²) in [6.07, 6.45) is -3.72. The molecule has 0 aromatic heterocycles. The maximum atomic E-state index is 13.8. The van der Waals surface area contributed by atoms with Gasteiger partial charge in [-0.15, -0.1) is 0 Å². The summed E-state index contributed by atoms with van der Waals surface area (Å²) < 4.78 is 48.4. The van der Waals surface area contributed by atoms with Crippen molar-refractivity contribution < 1.29 is 17.6 Å². The van der Waals surface area contributed by atoms with Gasteiger partial charge in [0.1, 0.15) is 6.04 Å². The first kappa shape index (κ1) is 24.7. The topological polar surface area (TPSA) is 21.3 Å². The van der Waals surface area contributed by atoms with E-state index in [0.29, 0.717) is 13.0 Å². The number of hydrogen-bond acceptors (Lipinski definition) is 2. The van der Waals surface area contributed by atoms with E-state index >= 15 is 0 Å². The molecule has 1 rings (SSSR count). The molecule has 0 unspecified atom stereocenters. The van der Waals surface area contributed by atoms with Crippen LogP contribution in [0.4, 0.5) is 13.2 Å². The zero-order valence-electron chi connectivity index (χ0n) is 17.0. The van der Waals surface area contributed by atoms with E-state index in [-0.39, 0.29) is 17.5 Å². The Labute approximate surface area is 171 Å². The lowest BCUT2D eigenvalue weighted by Gasteiger charge is -2.33. The van der Waals surface area contributed by atoms with E-state index in [1.807, 2.05) is 13.8 Å². The predicted octanol–water partition coefficient (Wildman–Crippen LogP) is 7.08. The van der Waals surface area contributed by atoms with Crippen LogP contribution in [0.25, 0.3) is 0 Å². The molecule has 1 aromatic carbocycles. The normalized spacial score (nSPS) is 15.2. The SMILES string of the molecule is CC[Si](CC)(CC)OC[C@H](CC(C)C)N[C@@H](c1ccc(Br)cc1)C(F)(F)F. The lowest BCUT2D eigenvalue weighted by atomic mass is 10.0. The monoisotopic (exact) mass is 467 g/mol. The Hall–Kier alpha value is -0.373. The molecule has 1 aromatic rings. The van der Waals surface area contributed by atoms with Crippen LogP contribution in [0, 0.1) is 5.92 Å². The van der Waals surface area contributed by atoms with E-state index < -0.39 is 20.5 Å². The second kappa shape index (κ2) is 11.0. The van der Waals surface area contributed by atoms with Crippen LogP contribution in [-0.4, -0.2) is 27.1 Å². The molecule has 2 nitrogen and oxygen atoms in total. The highest BCUT2D eigenvalue weighted by Crippen LogP contribution is 2.34. The average molecular weight is 468 g/mol. The van der Waals surface area contributed by atoms with Crippen LogP contribution in [0.5, 0.6) is 0 Å². The highest BCUT2D eigenvalue weighted by molar-refractivity contribution is 9.10. The maximum absolute atomic E-state index is 13.8. The van der Waals surface area contributed by atoms with E-state index in [9.17, 15) is 13.2 Å². The highest BCUT2D eigenvalue weighted by Gasteiger charge is 2.42. The van der Waals surface area contributed by atoms with E-state index in [2.05, 4.69) is 42.0 Å². The van der Waals surface area contributed by atoms with Gasteiger partial charge in [-0.1, -0.05) is 62.7 Å². The van der Waals surface area contributed by atoms with Gasteiger partial charge in [-0.3, -0.25) is 5.32 Å². The predicted molar refractivity (Wildman–Crippen MR) is 112 cm³/mol. The van der Waals surface area contributed by atoms with E-state index in [4.69, 9.17) is 4.43 Å². The summed E-state index contributed by atoms with van der Waals surface area (Å²) in [7, 11) is -1.84. The highest BCUT2D eigenvalue weighted by atomic mass is 79.9. The fraction of sp³-hybridized carbons (Fsp3) is 0.700. The largest absolute Gasteiger partial charge is 0.415 e.